The maximum atomic E-state index is 14.4. The topological polar surface area (TPSA) is 46.3 Å². The molecule has 1 saturated heterocycles. The number of carbonyl (C=O) groups is 1. The smallest absolute Gasteiger partial charge is 0.259 e. The maximum Gasteiger partial charge on any atom is 0.259 e. The van der Waals surface area contributed by atoms with Gasteiger partial charge >= 0.3 is 0 Å². The molecule has 1 amide bonds. The summed E-state index contributed by atoms with van der Waals surface area (Å²) in [7, 11) is 0. The van der Waals surface area contributed by atoms with Crippen molar-refractivity contribution >= 4 is 17.5 Å². The molecule has 1 aromatic heterocycles. The first-order valence-corrected chi connectivity index (χ1v) is 9.27. The molecule has 0 radical (unpaired) electrons. The summed E-state index contributed by atoms with van der Waals surface area (Å²) in [5.74, 6) is 0.219. The van der Waals surface area contributed by atoms with Crippen LogP contribution in [0.25, 0.3) is 11.3 Å². The van der Waals surface area contributed by atoms with Crippen LogP contribution in [0.5, 0.6) is 0 Å². The van der Waals surface area contributed by atoms with Crippen molar-refractivity contribution in [2.45, 2.75) is 40.5 Å². The van der Waals surface area contributed by atoms with Gasteiger partial charge in [0, 0.05) is 13.1 Å². The summed E-state index contributed by atoms with van der Waals surface area (Å²) in [4.78, 5) is 15.1. The fourth-order valence-corrected chi connectivity index (χ4v) is 4.18. The lowest BCUT2D eigenvalue weighted by molar-refractivity contribution is 0.0705. The van der Waals surface area contributed by atoms with Crippen LogP contribution in [0.4, 0.5) is 4.39 Å². The van der Waals surface area contributed by atoms with Crippen LogP contribution in [0, 0.1) is 24.1 Å². The SMILES string of the molecule is Cc1onc(-c2c(F)cccc2Cl)c1C(=O)N1CCC(C)CC(C)(C)C1. The molecular weight excluding hydrogens is 355 g/mol. The Morgan fingerprint density at radius 3 is 2.85 bits per heavy atom. The first-order chi connectivity index (χ1) is 12.2. The molecule has 26 heavy (non-hydrogen) atoms. The second-order valence-corrected chi connectivity index (χ2v) is 8.46. The van der Waals surface area contributed by atoms with Gasteiger partial charge in [-0.25, -0.2) is 4.39 Å². The number of aromatic nitrogens is 1. The van der Waals surface area contributed by atoms with Crippen LogP contribution in [0.3, 0.4) is 0 Å². The van der Waals surface area contributed by atoms with Crippen molar-refractivity contribution in [3.8, 4) is 11.3 Å². The van der Waals surface area contributed by atoms with E-state index in [0.717, 1.165) is 12.8 Å². The minimum atomic E-state index is -0.523. The van der Waals surface area contributed by atoms with Gasteiger partial charge in [0.2, 0.25) is 0 Å². The van der Waals surface area contributed by atoms with Gasteiger partial charge in [-0.3, -0.25) is 4.79 Å². The summed E-state index contributed by atoms with van der Waals surface area (Å²) >= 11 is 6.18. The molecule has 2 heterocycles. The molecule has 1 aliphatic rings. The number of amides is 1. The average molecular weight is 379 g/mol. The average Bonchev–Trinajstić information content (AvgIpc) is 2.84. The molecule has 0 spiro atoms. The predicted molar refractivity (Wildman–Crippen MR) is 99.7 cm³/mol. The zero-order valence-corrected chi connectivity index (χ0v) is 16.4. The van der Waals surface area contributed by atoms with Crippen molar-refractivity contribution in [3.05, 3.63) is 40.4 Å². The third-order valence-corrected chi connectivity index (χ3v) is 5.29. The number of carbonyl (C=O) groups excluding carboxylic acids is 1. The molecule has 3 rings (SSSR count). The highest BCUT2D eigenvalue weighted by Crippen LogP contribution is 2.36. The van der Waals surface area contributed by atoms with Crippen molar-refractivity contribution in [2.75, 3.05) is 13.1 Å². The van der Waals surface area contributed by atoms with E-state index in [1.807, 2.05) is 4.90 Å². The van der Waals surface area contributed by atoms with Crippen LogP contribution in [-0.4, -0.2) is 29.1 Å². The maximum absolute atomic E-state index is 14.4. The van der Waals surface area contributed by atoms with Gasteiger partial charge in [0.05, 0.1) is 10.6 Å². The molecule has 1 aromatic carbocycles. The van der Waals surface area contributed by atoms with Gasteiger partial charge in [-0.2, -0.15) is 0 Å². The number of benzene rings is 1. The van der Waals surface area contributed by atoms with Crippen LogP contribution < -0.4 is 0 Å². The van der Waals surface area contributed by atoms with Crippen molar-refractivity contribution in [1.29, 1.82) is 0 Å². The molecule has 0 aliphatic carbocycles. The van der Waals surface area contributed by atoms with E-state index < -0.39 is 5.82 Å². The molecule has 1 fully saturated rings. The molecule has 2 aromatic rings. The first kappa shape index (κ1) is 18.9. The van der Waals surface area contributed by atoms with Crippen molar-refractivity contribution in [3.63, 3.8) is 0 Å². The summed E-state index contributed by atoms with van der Waals surface area (Å²) in [6.45, 7) is 9.53. The number of aryl methyl sites for hydroxylation is 1. The van der Waals surface area contributed by atoms with E-state index in [2.05, 4.69) is 25.9 Å². The minimum absolute atomic E-state index is 0.0203. The highest BCUT2D eigenvalue weighted by atomic mass is 35.5. The lowest BCUT2D eigenvalue weighted by atomic mass is 9.83. The van der Waals surface area contributed by atoms with E-state index >= 15 is 0 Å². The third-order valence-electron chi connectivity index (χ3n) is 4.98. The van der Waals surface area contributed by atoms with Crippen LogP contribution in [-0.2, 0) is 0 Å². The highest BCUT2D eigenvalue weighted by Gasteiger charge is 2.34. The lowest BCUT2D eigenvalue weighted by Crippen LogP contribution is -2.38. The van der Waals surface area contributed by atoms with Crippen LogP contribution in [0.1, 0.15) is 49.7 Å². The van der Waals surface area contributed by atoms with Crippen LogP contribution in [0.2, 0.25) is 5.02 Å². The molecule has 140 valence electrons. The molecule has 6 heteroatoms. The molecule has 1 unspecified atom stereocenters. The number of hydrogen-bond acceptors (Lipinski definition) is 3. The van der Waals surface area contributed by atoms with Crippen molar-refractivity contribution < 1.29 is 13.7 Å². The Morgan fingerprint density at radius 2 is 2.15 bits per heavy atom. The van der Waals surface area contributed by atoms with Gasteiger partial charge < -0.3 is 9.42 Å². The van der Waals surface area contributed by atoms with Gasteiger partial charge in [0.1, 0.15) is 22.8 Å². The molecule has 0 N–H and O–H groups in total. The summed E-state index contributed by atoms with van der Waals surface area (Å²) in [6, 6.07) is 4.40. The van der Waals surface area contributed by atoms with Crippen LogP contribution in [0.15, 0.2) is 22.7 Å². The zero-order chi connectivity index (χ0) is 19.1. The van der Waals surface area contributed by atoms with E-state index in [9.17, 15) is 9.18 Å². The number of likely N-dealkylation sites (tertiary alicyclic amines) is 1. The predicted octanol–water partition coefficient (Wildman–Crippen LogP) is 5.34. The Kier molecular flexibility index (Phi) is 5.11. The summed E-state index contributed by atoms with van der Waals surface area (Å²) in [6.07, 6.45) is 2.00. The second-order valence-electron chi connectivity index (χ2n) is 8.05. The van der Waals surface area contributed by atoms with E-state index in [-0.39, 0.29) is 27.6 Å². The number of nitrogens with zero attached hydrogens (tertiary/aromatic N) is 2. The van der Waals surface area contributed by atoms with Crippen LogP contribution >= 0.6 is 11.6 Å². The molecule has 0 bridgehead atoms. The van der Waals surface area contributed by atoms with E-state index in [4.69, 9.17) is 16.1 Å². The van der Waals surface area contributed by atoms with Gasteiger partial charge in [-0.15, -0.1) is 0 Å². The Bertz CT molecular complexity index is 811. The Labute approximate surface area is 158 Å². The lowest BCUT2D eigenvalue weighted by Gasteiger charge is -2.30. The fraction of sp³-hybridized carbons (Fsp3) is 0.500. The third kappa shape index (κ3) is 3.63. The minimum Gasteiger partial charge on any atom is -0.360 e. The first-order valence-electron chi connectivity index (χ1n) is 8.89. The molecular formula is C20H24ClFN2O2. The zero-order valence-electron chi connectivity index (χ0n) is 15.6. The number of rotatable bonds is 2. The molecule has 0 saturated carbocycles. The monoisotopic (exact) mass is 378 g/mol. The van der Waals surface area contributed by atoms with E-state index in [1.165, 1.54) is 12.1 Å². The molecule has 4 nitrogen and oxygen atoms in total. The normalized spacial score (nSPS) is 20.1. The fourth-order valence-electron chi connectivity index (χ4n) is 3.93. The van der Waals surface area contributed by atoms with Crippen molar-refractivity contribution in [1.82, 2.24) is 10.1 Å². The second kappa shape index (κ2) is 7.03. The Hall–Kier alpha value is -1.88. The standard InChI is InChI=1S/C20H24ClFN2O2/c1-12-8-9-24(11-20(3,4)10-12)19(25)16-13(2)26-23-18(16)17-14(21)6-5-7-15(17)22/h5-7,12H,8-11H2,1-4H3. The summed E-state index contributed by atoms with van der Waals surface area (Å²) < 4.78 is 19.6. The largest absolute Gasteiger partial charge is 0.360 e. The Balaban J connectivity index is 2.02. The van der Waals surface area contributed by atoms with Gasteiger partial charge in [0.15, 0.2) is 0 Å². The Morgan fingerprint density at radius 1 is 1.42 bits per heavy atom. The van der Waals surface area contributed by atoms with E-state index in [1.54, 1.807) is 13.0 Å². The highest BCUT2D eigenvalue weighted by molar-refractivity contribution is 6.33. The van der Waals surface area contributed by atoms with Gasteiger partial charge in [0.25, 0.3) is 5.91 Å². The quantitative estimate of drug-likeness (QED) is 0.708. The molecule has 1 atom stereocenters. The van der Waals surface area contributed by atoms with Crippen molar-refractivity contribution in [2.24, 2.45) is 11.3 Å². The van der Waals surface area contributed by atoms with Gasteiger partial charge in [-0.05, 0) is 43.2 Å². The molecule has 1 aliphatic heterocycles. The summed E-state index contributed by atoms with van der Waals surface area (Å²) in [5.41, 5.74) is 0.594. The number of halogens is 2. The number of hydrogen-bond donors (Lipinski definition) is 0. The summed E-state index contributed by atoms with van der Waals surface area (Å²) in [5, 5.41) is 4.16. The van der Waals surface area contributed by atoms with E-state index in [0.29, 0.717) is 30.3 Å². The van der Waals surface area contributed by atoms with Gasteiger partial charge in [-0.1, -0.05) is 43.6 Å².